The van der Waals surface area contributed by atoms with Crippen LogP contribution in [0.15, 0.2) is 85.1 Å². The zero-order chi connectivity index (χ0) is 24.9. The first-order chi connectivity index (χ1) is 17.6. The Bertz CT molecular complexity index is 1330. The van der Waals surface area contributed by atoms with Crippen LogP contribution in [0.1, 0.15) is 48.1 Å². The fraction of sp³-hybridized carbons (Fsp3) is 0.300. The number of aromatic nitrogens is 2. The molecule has 3 aromatic carbocycles. The van der Waals surface area contributed by atoms with Crippen LogP contribution in [0.25, 0.3) is 10.8 Å². The smallest absolute Gasteiger partial charge is 0.259 e. The van der Waals surface area contributed by atoms with Gasteiger partial charge in [-0.15, -0.1) is 0 Å². The van der Waals surface area contributed by atoms with Crippen molar-refractivity contribution >= 4 is 28.4 Å². The molecule has 1 aliphatic rings. The molecular formula is C30H33N5O. The van der Waals surface area contributed by atoms with Crippen molar-refractivity contribution in [1.82, 2.24) is 14.9 Å². The molecule has 1 saturated heterocycles. The van der Waals surface area contributed by atoms with Gasteiger partial charge in [-0.3, -0.25) is 9.69 Å². The Kier molecular flexibility index (Phi) is 7.23. The number of benzene rings is 3. The van der Waals surface area contributed by atoms with Gasteiger partial charge in [-0.1, -0.05) is 60.7 Å². The Morgan fingerprint density at radius 2 is 1.83 bits per heavy atom. The van der Waals surface area contributed by atoms with E-state index in [-0.39, 0.29) is 11.9 Å². The van der Waals surface area contributed by atoms with Crippen molar-refractivity contribution < 1.29 is 4.79 Å². The van der Waals surface area contributed by atoms with Crippen molar-refractivity contribution in [1.29, 1.82) is 0 Å². The quantitative estimate of drug-likeness (QED) is 0.339. The summed E-state index contributed by atoms with van der Waals surface area (Å²) in [4.78, 5) is 27.3. The standard InChI is InChI=1S/C30H33N5O/c1-22(23-9-4-3-5-10-23)32-30-31-18-16-28(33-30)35(20-17-27-13-8-19-34(27)2)29(36)26-15-14-24-11-6-7-12-25(24)21-26/h3-7,9-12,14-16,18,21-22,27H,8,13,17,19-20H2,1-2H3,(H,31,32,33)/t22-,27?/m0/s1. The number of hydrogen-bond acceptors (Lipinski definition) is 5. The van der Waals surface area contributed by atoms with Gasteiger partial charge in [0.2, 0.25) is 5.95 Å². The summed E-state index contributed by atoms with van der Waals surface area (Å²) in [5.41, 5.74) is 1.82. The number of rotatable bonds is 8. The molecular weight excluding hydrogens is 446 g/mol. The highest BCUT2D eigenvalue weighted by Crippen LogP contribution is 2.24. The Hall–Kier alpha value is -3.77. The first kappa shape index (κ1) is 23.9. The summed E-state index contributed by atoms with van der Waals surface area (Å²) in [6.07, 6.45) is 5.01. The van der Waals surface area contributed by atoms with E-state index in [0.717, 1.165) is 29.3 Å². The predicted molar refractivity (Wildman–Crippen MR) is 146 cm³/mol. The molecule has 36 heavy (non-hydrogen) atoms. The third kappa shape index (κ3) is 5.39. The van der Waals surface area contributed by atoms with Gasteiger partial charge in [0.15, 0.2) is 0 Å². The summed E-state index contributed by atoms with van der Waals surface area (Å²) in [6, 6.07) is 26.6. The van der Waals surface area contributed by atoms with Crippen molar-refractivity contribution in [3.05, 3.63) is 96.2 Å². The molecule has 0 radical (unpaired) electrons. The summed E-state index contributed by atoms with van der Waals surface area (Å²) in [5.74, 6) is 1.09. The maximum absolute atomic E-state index is 13.9. The third-order valence-corrected chi connectivity index (χ3v) is 7.16. The fourth-order valence-electron chi connectivity index (χ4n) is 5.01. The van der Waals surface area contributed by atoms with Gasteiger partial charge in [0, 0.05) is 24.3 Å². The lowest BCUT2D eigenvalue weighted by Crippen LogP contribution is -2.36. The van der Waals surface area contributed by atoms with Gasteiger partial charge in [0.05, 0.1) is 6.04 Å². The molecule has 6 nitrogen and oxygen atoms in total. The summed E-state index contributed by atoms with van der Waals surface area (Å²) in [5, 5.41) is 5.57. The number of hydrogen-bond donors (Lipinski definition) is 1. The van der Waals surface area contributed by atoms with Gasteiger partial charge in [0.25, 0.3) is 5.91 Å². The number of carbonyl (C=O) groups excluding carboxylic acids is 1. The highest BCUT2D eigenvalue weighted by molar-refractivity contribution is 6.07. The SMILES string of the molecule is C[C@H](Nc1nccc(N(CCC2CCCN2C)C(=O)c2ccc3ccccc3c2)n1)c1ccccc1. The molecule has 1 N–H and O–H groups in total. The van der Waals surface area contributed by atoms with Gasteiger partial charge in [0.1, 0.15) is 5.82 Å². The Labute approximate surface area is 213 Å². The second-order valence-electron chi connectivity index (χ2n) is 9.60. The molecule has 1 unspecified atom stereocenters. The molecule has 0 saturated carbocycles. The Morgan fingerprint density at radius 1 is 1.06 bits per heavy atom. The molecule has 184 valence electrons. The molecule has 5 rings (SSSR count). The lowest BCUT2D eigenvalue weighted by atomic mass is 10.1. The Morgan fingerprint density at radius 3 is 2.61 bits per heavy atom. The minimum absolute atomic E-state index is 0.0397. The van der Waals surface area contributed by atoms with Crippen molar-refractivity contribution in [3.8, 4) is 0 Å². The van der Waals surface area contributed by atoms with Crippen LogP contribution in [0.3, 0.4) is 0 Å². The monoisotopic (exact) mass is 479 g/mol. The van der Waals surface area contributed by atoms with Crippen LogP contribution in [-0.4, -0.2) is 47.0 Å². The van der Waals surface area contributed by atoms with Gasteiger partial charge >= 0.3 is 0 Å². The zero-order valence-electron chi connectivity index (χ0n) is 21.0. The number of amides is 1. The normalized spacial score (nSPS) is 16.7. The average molecular weight is 480 g/mol. The van der Waals surface area contributed by atoms with E-state index in [2.05, 4.69) is 47.4 Å². The van der Waals surface area contributed by atoms with Crippen LogP contribution in [-0.2, 0) is 0 Å². The van der Waals surface area contributed by atoms with E-state index in [1.807, 2.05) is 65.6 Å². The van der Waals surface area contributed by atoms with E-state index >= 15 is 0 Å². The van der Waals surface area contributed by atoms with Gasteiger partial charge < -0.3 is 10.2 Å². The first-order valence-electron chi connectivity index (χ1n) is 12.7. The van der Waals surface area contributed by atoms with Gasteiger partial charge in [-0.2, -0.15) is 4.98 Å². The van der Waals surface area contributed by atoms with Crippen LogP contribution in [0.5, 0.6) is 0 Å². The number of fused-ring (bicyclic) bond motifs is 1. The number of carbonyl (C=O) groups is 1. The van der Waals surface area contributed by atoms with E-state index in [0.29, 0.717) is 29.9 Å². The maximum atomic E-state index is 13.9. The number of anilines is 2. The molecule has 6 heteroatoms. The van der Waals surface area contributed by atoms with E-state index in [9.17, 15) is 4.79 Å². The molecule has 4 aromatic rings. The van der Waals surface area contributed by atoms with Gasteiger partial charge in [-0.25, -0.2) is 4.98 Å². The van der Waals surface area contributed by atoms with Gasteiger partial charge in [-0.05, 0) is 74.3 Å². The third-order valence-electron chi connectivity index (χ3n) is 7.16. The maximum Gasteiger partial charge on any atom is 0.259 e. The van der Waals surface area contributed by atoms with E-state index in [4.69, 9.17) is 4.98 Å². The fourth-order valence-corrected chi connectivity index (χ4v) is 5.01. The minimum atomic E-state index is -0.0397. The molecule has 1 aromatic heterocycles. The predicted octanol–water partition coefficient (Wildman–Crippen LogP) is 5.93. The summed E-state index contributed by atoms with van der Waals surface area (Å²) in [6.45, 7) is 3.80. The van der Waals surface area contributed by atoms with Crippen molar-refractivity contribution in [2.24, 2.45) is 0 Å². The minimum Gasteiger partial charge on any atom is -0.348 e. The summed E-state index contributed by atoms with van der Waals surface area (Å²) < 4.78 is 0. The Balaban J connectivity index is 1.42. The van der Waals surface area contributed by atoms with E-state index in [1.54, 1.807) is 6.20 Å². The highest BCUT2D eigenvalue weighted by Gasteiger charge is 2.25. The van der Waals surface area contributed by atoms with Crippen LogP contribution in [0.4, 0.5) is 11.8 Å². The van der Waals surface area contributed by atoms with Crippen molar-refractivity contribution in [2.75, 3.05) is 30.4 Å². The molecule has 1 amide bonds. The summed E-state index contributed by atoms with van der Waals surface area (Å²) in [7, 11) is 2.17. The lowest BCUT2D eigenvalue weighted by Gasteiger charge is -2.26. The number of likely N-dealkylation sites (tertiary alicyclic amines) is 1. The topological polar surface area (TPSA) is 61.4 Å². The van der Waals surface area contributed by atoms with E-state index in [1.165, 1.54) is 12.8 Å². The molecule has 2 heterocycles. The second-order valence-corrected chi connectivity index (χ2v) is 9.60. The van der Waals surface area contributed by atoms with E-state index < -0.39 is 0 Å². The van der Waals surface area contributed by atoms with Crippen LogP contribution >= 0.6 is 0 Å². The van der Waals surface area contributed by atoms with Crippen LogP contribution in [0.2, 0.25) is 0 Å². The molecule has 0 aliphatic carbocycles. The number of nitrogens with zero attached hydrogens (tertiary/aromatic N) is 4. The number of nitrogens with one attached hydrogen (secondary N) is 1. The molecule has 2 atom stereocenters. The van der Waals surface area contributed by atoms with Crippen LogP contribution < -0.4 is 10.2 Å². The molecule has 1 fully saturated rings. The second kappa shape index (κ2) is 10.9. The highest BCUT2D eigenvalue weighted by atomic mass is 16.2. The molecule has 0 bridgehead atoms. The molecule has 0 spiro atoms. The van der Waals surface area contributed by atoms with Crippen molar-refractivity contribution in [3.63, 3.8) is 0 Å². The zero-order valence-corrected chi connectivity index (χ0v) is 21.0. The largest absolute Gasteiger partial charge is 0.348 e. The lowest BCUT2D eigenvalue weighted by molar-refractivity contribution is 0.0984. The average Bonchev–Trinajstić information content (AvgIpc) is 3.33. The van der Waals surface area contributed by atoms with Crippen LogP contribution in [0, 0.1) is 0 Å². The van der Waals surface area contributed by atoms with Crippen molar-refractivity contribution in [2.45, 2.75) is 38.3 Å². The first-order valence-corrected chi connectivity index (χ1v) is 12.7. The molecule has 1 aliphatic heterocycles. The summed E-state index contributed by atoms with van der Waals surface area (Å²) >= 11 is 0.